The summed E-state index contributed by atoms with van der Waals surface area (Å²) in [5, 5.41) is 0.345. The van der Waals surface area contributed by atoms with Gasteiger partial charge in [-0.25, -0.2) is 4.39 Å². The minimum Gasteiger partial charge on any atom is -0.337 e. The zero-order chi connectivity index (χ0) is 13.8. The maximum absolute atomic E-state index is 13.6. The van der Waals surface area contributed by atoms with Gasteiger partial charge in [0.2, 0.25) is 0 Å². The molecule has 0 aliphatic heterocycles. The van der Waals surface area contributed by atoms with Crippen molar-refractivity contribution in [2.75, 3.05) is 7.05 Å². The lowest BCUT2D eigenvalue weighted by atomic mass is 10.1. The summed E-state index contributed by atoms with van der Waals surface area (Å²) in [6.45, 7) is 0.422. The lowest BCUT2D eigenvalue weighted by molar-refractivity contribution is 0.0780. The summed E-state index contributed by atoms with van der Waals surface area (Å²) in [5.74, 6) is -0.946. The van der Waals surface area contributed by atoms with Gasteiger partial charge in [0.15, 0.2) is 0 Å². The molecule has 0 fully saturated rings. The maximum atomic E-state index is 13.6. The molecule has 0 bridgehead atoms. The first-order chi connectivity index (χ1) is 9.08. The highest BCUT2D eigenvalue weighted by Gasteiger charge is 2.16. The van der Waals surface area contributed by atoms with E-state index < -0.39 is 5.82 Å². The first-order valence-electron chi connectivity index (χ1n) is 5.82. The Morgan fingerprint density at radius 3 is 2.58 bits per heavy atom. The molecular weight excluding hydrogens is 265 g/mol. The fraction of sp³-hybridized carbons (Fsp3) is 0.133. The van der Waals surface area contributed by atoms with Crippen LogP contribution in [0.1, 0.15) is 15.9 Å². The van der Waals surface area contributed by atoms with Gasteiger partial charge in [-0.1, -0.05) is 41.9 Å². The van der Waals surface area contributed by atoms with E-state index in [-0.39, 0.29) is 11.5 Å². The minimum atomic E-state index is -0.561. The third kappa shape index (κ3) is 3.32. The van der Waals surface area contributed by atoms with Crippen LogP contribution in [0.2, 0.25) is 5.02 Å². The molecule has 98 valence electrons. The van der Waals surface area contributed by atoms with Gasteiger partial charge in [0, 0.05) is 18.6 Å². The molecule has 19 heavy (non-hydrogen) atoms. The zero-order valence-electron chi connectivity index (χ0n) is 10.4. The SMILES string of the molecule is CN(Cc1ccccc1)C(=O)c1cc(Cl)ccc1F. The first-order valence-corrected chi connectivity index (χ1v) is 6.20. The Kier molecular flexibility index (Phi) is 4.17. The van der Waals surface area contributed by atoms with E-state index in [1.807, 2.05) is 30.3 Å². The van der Waals surface area contributed by atoms with Crippen molar-refractivity contribution in [2.24, 2.45) is 0 Å². The molecule has 4 heteroatoms. The molecule has 0 spiro atoms. The minimum absolute atomic E-state index is 0.00840. The maximum Gasteiger partial charge on any atom is 0.256 e. The second-order valence-electron chi connectivity index (χ2n) is 4.27. The predicted octanol–water partition coefficient (Wildman–Crippen LogP) is 3.75. The standard InChI is InChI=1S/C15H13ClFNO/c1-18(10-11-5-3-2-4-6-11)15(19)13-9-12(16)7-8-14(13)17/h2-9H,10H2,1H3. The Balaban J connectivity index is 2.17. The van der Waals surface area contributed by atoms with Gasteiger partial charge in [-0.05, 0) is 23.8 Å². The van der Waals surface area contributed by atoms with Gasteiger partial charge in [0.05, 0.1) is 5.56 Å². The number of rotatable bonds is 3. The van der Waals surface area contributed by atoms with Gasteiger partial charge in [-0.15, -0.1) is 0 Å². The average Bonchev–Trinajstić information content (AvgIpc) is 2.42. The van der Waals surface area contributed by atoms with Crippen LogP contribution in [-0.2, 0) is 6.54 Å². The van der Waals surface area contributed by atoms with Crippen molar-refractivity contribution in [3.8, 4) is 0 Å². The van der Waals surface area contributed by atoms with Crippen molar-refractivity contribution in [1.29, 1.82) is 0 Å². The van der Waals surface area contributed by atoms with E-state index in [4.69, 9.17) is 11.6 Å². The summed E-state index contributed by atoms with van der Waals surface area (Å²) >= 11 is 5.79. The van der Waals surface area contributed by atoms with Gasteiger partial charge in [0.25, 0.3) is 5.91 Å². The number of nitrogens with zero attached hydrogens (tertiary/aromatic N) is 1. The van der Waals surface area contributed by atoms with Crippen molar-refractivity contribution >= 4 is 17.5 Å². The van der Waals surface area contributed by atoms with Crippen molar-refractivity contribution in [2.45, 2.75) is 6.54 Å². The molecule has 0 aliphatic rings. The quantitative estimate of drug-likeness (QED) is 0.837. The largest absolute Gasteiger partial charge is 0.337 e. The molecule has 0 saturated heterocycles. The lowest BCUT2D eigenvalue weighted by Gasteiger charge is -2.17. The normalized spacial score (nSPS) is 10.3. The summed E-state index contributed by atoms with van der Waals surface area (Å²) in [6.07, 6.45) is 0. The number of halogens is 2. The Morgan fingerprint density at radius 2 is 1.89 bits per heavy atom. The molecule has 0 saturated carbocycles. The lowest BCUT2D eigenvalue weighted by Crippen LogP contribution is -2.27. The van der Waals surface area contributed by atoms with Gasteiger partial charge in [0.1, 0.15) is 5.82 Å². The predicted molar refractivity (Wildman–Crippen MR) is 73.6 cm³/mol. The Hall–Kier alpha value is -1.87. The van der Waals surface area contributed by atoms with E-state index in [0.717, 1.165) is 5.56 Å². The van der Waals surface area contributed by atoms with E-state index in [1.54, 1.807) is 7.05 Å². The van der Waals surface area contributed by atoms with Gasteiger partial charge in [-0.2, -0.15) is 0 Å². The molecule has 0 heterocycles. The van der Waals surface area contributed by atoms with Crippen LogP contribution in [0.4, 0.5) is 4.39 Å². The summed E-state index contributed by atoms with van der Waals surface area (Å²) in [4.78, 5) is 13.6. The number of benzene rings is 2. The fourth-order valence-corrected chi connectivity index (χ4v) is 1.97. The molecule has 2 nitrogen and oxygen atoms in total. The van der Waals surface area contributed by atoms with Crippen LogP contribution >= 0.6 is 11.6 Å². The van der Waals surface area contributed by atoms with Gasteiger partial charge < -0.3 is 4.90 Å². The van der Waals surface area contributed by atoms with Crippen LogP contribution in [0.5, 0.6) is 0 Å². The zero-order valence-corrected chi connectivity index (χ0v) is 11.2. The number of carbonyl (C=O) groups is 1. The van der Waals surface area contributed by atoms with Crippen molar-refractivity contribution in [1.82, 2.24) is 4.90 Å². The van der Waals surface area contributed by atoms with E-state index >= 15 is 0 Å². The Labute approximate surface area is 116 Å². The van der Waals surface area contributed by atoms with E-state index in [1.165, 1.54) is 23.1 Å². The number of amides is 1. The van der Waals surface area contributed by atoms with Crippen LogP contribution in [0.25, 0.3) is 0 Å². The third-order valence-electron chi connectivity index (χ3n) is 2.77. The molecule has 2 aromatic carbocycles. The van der Waals surface area contributed by atoms with Crippen LogP contribution in [-0.4, -0.2) is 17.9 Å². The number of hydrogen-bond donors (Lipinski definition) is 0. The Bertz CT molecular complexity index is 586. The van der Waals surface area contributed by atoms with Crippen molar-refractivity contribution in [3.05, 3.63) is 70.5 Å². The molecule has 0 radical (unpaired) electrons. The molecule has 0 aromatic heterocycles. The molecule has 0 atom stereocenters. The molecule has 2 aromatic rings. The van der Waals surface area contributed by atoms with Crippen molar-refractivity contribution < 1.29 is 9.18 Å². The van der Waals surface area contributed by atoms with E-state index in [0.29, 0.717) is 11.6 Å². The third-order valence-corrected chi connectivity index (χ3v) is 3.00. The van der Waals surface area contributed by atoms with Crippen LogP contribution in [0.3, 0.4) is 0 Å². The van der Waals surface area contributed by atoms with Gasteiger partial charge >= 0.3 is 0 Å². The molecule has 0 N–H and O–H groups in total. The highest BCUT2D eigenvalue weighted by atomic mass is 35.5. The molecule has 1 amide bonds. The monoisotopic (exact) mass is 277 g/mol. The summed E-state index contributed by atoms with van der Waals surface area (Å²) < 4.78 is 13.6. The molecule has 2 rings (SSSR count). The van der Waals surface area contributed by atoms with Crippen LogP contribution in [0, 0.1) is 5.82 Å². The van der Waals surface area contributed by atoms with Crippen LogP contribution in [0.15, 0.2) is 48.5 Å². The Morgan fingerprint density at radius 1 is 1.21 bits per heavy atom. The smallest absolute Gasteiger partial charge is 0.256 e. The summed E-state index contributed by atoms with van der Waals surface area (Å²) in [7, 11) is 1.63. The molecule has 0 unspecified atom stereocenters. The number of hydrogen-bond acceptors (Lipinski definition) is 1. The highest BCUT2D eigenvalue weighted by Crippen LogP contribution is 2.17. The molecule has 0 aliphatic carbocycles. The first kappa shape index (κ1) is 13.6. The van der Waals surface area contributed by atoms with E-state index in [2.05, 4.69) is 0 Å². The average molecular weight is 278 g/mol. The van der Waals surface area contributed by atoms with Crippen LogP contribution < -0.4 is 0 Å². The van der Waals surface area contributed by atoms with E-state index in [9.17, 15) is 9.18 Å². The second-order valence-corrected chi connectivity index (χ2v) is 4.71. The van der Waals surface area contributed by atoms with Gasteiger partial charge in [-0.3, -0.25) is 4.79 Å². The number of carbonyl (C=O) groups excluding carboxylic acids is 1. The fourth-order valence-electron chi connectivity index (χ4n) is 1.80. The summed E-state index contributed by atoms with van der Waals surface area (Å²) in [5.41, 5.74) is 0.978. The summed E-state index contributed by atoms with van der Waals surface area (Å²) in [6, 6.07) is 13.5. The highest BCUT2D eigenvalue weighted by molar-refractivity contribution is 6.30. The second kappa shape index (κ2) is 5.85. The topological polar surface area (TPSA) is 20.3 Å². The van der Waals surface area contributed by atoms with Crippen molar-refractivity contribution in [3.63, 3.8) is 0 Å². The molecular formula is C15H13ClFNO.